The number of hydrogen-bond acceptors (Lipinski definition) is 0. The molecular formula is C18H15Si. The Morgan fingerprint density at radius 1 is 1.05 bits per heavy atom. The SMILES string of the molecule is [Si]C1C=Cc2c1cc1c(c2-c2ccccc2)CCC1. The Labute approximate surface area is 117 Å². The highest BCUT2D eigenvalue weighted by molar-refractivity contribution is 6.16. The summed E-state index contributed by atoms with van der Waals surface area (Å²) in [6.07, 6.45) is 8.31. The molecule has 4 rings (SSSR count). The Bertz CT molecular complexity index is 668. The molecule has 0 fully saturated rings. The first kappa shape index (κ1) is 11.2. The van der Waals surface area contributed by atoms with E-state index in [0.29, 0.717) is 5.54 Å². The molecule has 0 bridgehead atoms. The molecule has 2 aliphatic carbocycles. The minimum Gasteiger partial charge on any atom is -0.0799 e. The zero-order valence-corrected chi connectivity index (χ0v) is 11.8. The van der Waals surface area contributed by atoms with Gasteiger partial charge in [-0.2, -0.15) is 0 Å². The fourth-order valence-electron chi connectivity index (χ4n) is 3.45. The van der Waals surface area contributed by atoms with E-state index in [2.05, 4.69) is 58.8 Å². The number of fused-ring (bicyclic) bond motifs is 2. The van der Waals surface area contributed by atoms with Crippen molar-refractivity contribution >= 4 is 16.3 Å². The highest BCUT2D eigenvalue weighted by Crippen LogP contribution is 2.42. The standard InChI is InChI=1S/C18H15Si/c19-17-10-9-15-16(17)11-13-7-4-8-14(13)18(15)12-5-2-1-3-6-12/h1-3,5-6,9-11,17H,4,7-8H2. The Kier molecular flexibility index (Phi) is 2.49. The van der Waals surface area contributed by atoms with E-state index in [1.807, 2.05) is 0 Å². The van der Waals surface area contributed by atoms with Crippen LogP contribution in [0.2, 0.25) is 0 Å². The van der Waals surface area contributed by atoms with E-state index in [4.69, 9.17) is 0 Å². The summed E-state index contributed by atoms with van der Waals surface area (Å²) < 4.78 is 0. The van der Waals surface area contributed by atoms with Gasteiger partial charge in [-0.1, -0.05) is 48.6 Å². The van der Waals surface area contributed by atoms with Gasteiger partial charge in [0.1, 0.15) is 0 Å². The third-order valence-corrected chi connectivity index (χ3v) is 4.83. The molecule has 0 aliphatic heterocycles. The average Bonchev–Trinajstić information content (AvgIpc) is 3.05. The van der Waals surface area contributed by atoms with Crippen LogP contribution in [-0.2, 0) is 12.8 Å². The van der Waals surface area contributed by atoms with Crippen LogP contribution in [0.25, 0.3) is 17.2 Å². The van der Waals surface area contributed by atoms with Gasteiger partial charge in [-0.15, -0.1) is 0 Å². The van der Waals surface area contributed by atoms with Crippen LogP contribution in [0.1, 0.15) is 34.2 Å². The third kappa shape index (κ3) is 1.65. The van der Waals surface area contributed by atoms with E-state index in [0.717, 1.165) is 0 Å². The van der Waals surface area contributed by atoms with Crippen molar-refractivity contribution in [3.63, 3.8) is 0 Å². The molecule has 0 saturated carbocycles. The van der Waals surface area contributed by atoms with E-state index in [1.54, 1.807) is 11.1 Å². The predicted molar refractivity (Wildman–Crippen MR) is 81.4 cm³/mol. The second kappa shape index (κ2) is 4.21. The first-order chi connectivity index (χ1) is 9.34. The van der Waals surface area contributed by atoms with Gasteiger partial charge in [0.15, 0.2) is 0 Å². The van der Waals surface area contributed by atoms with Gasteiger partial charge in [0.2, 0.25) is 0 Å². The van der Waals surface area contributed by atoms with Crippen molar-refractivity contribution in [3.8, 4) is 11.1 Å². The molecule has 2 aromatic carbocycles. The normalized spacial score (nSPS) is 19.5. The van der Waals surface area contributed by atoms with Crippen molar-refractivity contribution < 1.29 is 0 Å². The molecule has 1 unspecified atom stereocenters. The van der Waals surface area contributed by atoms with Gasteiger partial charge in [-0.05, 0) is 58.2 Å². The van der Waals surface area contributed by atoms with Crippen LogP contribution < -0.4 is 0 Å². The first-order valence-corrected chi connectivity index (χ1v) is 7.56. The fraction of sp³-hybridized carbons (Fsp3) is 0.222. The van der Waals surface area contributed by atoms with Crippen molar-refractivity contribution in [1.29, 1.82) is 0 Å². The highest BCUT2D eigenvalue weighted by atomic mass is 28.1. The van der Waals surface area contributed by atoms with Crippen LogP contribution in [0.3, 0.4) is 0 Å². The number of rotatable bonds is 1. The van der Waals surface area contributed by atoms with Crippen LogP contribution in [0.4, 0.5) is 0 Å². The fourth-order valence-corrected chi connectivity index (χ4v) is 3.79. The van der Waals surface area contributed by atoms with Crippen molar-refractivity contribution in [2.45, 2.75) is 24.8 Å². The van der Waals surface area contributed by atoms with Crippen molar-refractivity contribution in [3.05, 3.63) is 64.7 Å². The van der Waals surface area contributed by atoms with Crippen LogP contribution >= 0.6 is 0 Å². The quantitative estimate of drug-likeness (QED) is 0.677. The van der Waals surface area contributed by atoms with Crippen LogP contribution in [-0.4, -0.2) is 10.2 Å². The molecule has 2 aliphatic rings. The smallest absolute Gasteiger partial charge is 0.0388 e. The van der Waals surface area contributed by atoms with Gasteiger partial charge in [0, 0.05) is 10.2 Å². The van der Waals surface area contributed by atoms with Gasteiger partial charge >= 0.3 is 0 Å². The molecule has 0 N–H and O–H groups in total. The van der Waals surface area contributed by atoms with E-state index in [1.165, 1.54) is 41.5 Å². The predicted octanol–water partition coefficient (Wildman–Crippen LogP) is 4.08. The molecule has 19 heavy (non-hydrogen) atoms. The molecule has 0 heterocycles. The monoisotopic (exact) mass is 259 g/mol. The van der Waals surface area contributed by atoms with Gasteiger partial charge in [0.25, 0.3) is 0 Å². The summed E-state index contributed by atoms with van der Waals surface area (Å²) in [7, 11) is 3.82. The second-order valence-electron chi connectivity index (χ2n) is 5.45. The summed E-state index contributed by atoms with van der Waals surface area (Å²) in [6, 6.07) is 13.3. The molecule has 0 aromatic heterocycles. The van der Waals surface area contributed by atoms with E-state index >= 15 is 0 Å². The third-order valence-electron chi connectivity index (χ3n) is 4.33. The summed E-state index contributed by atoms with van der Waals surface area (Å²) in [4.78, 5) is 0. The number of benzene rings is 2. The lowest BCUT2D eigenvalue weighted by atomic mass is 9.89. The molecular weight excluding hydrogens is 244 g/mol. The zero-order chi connectivity index (χ0) is 12.8. The number of aryl methyl sites for hydroxylation is 1. The second-order valence-corrected chi connectivity index (χ2v) is 6.07. The van der Waals surface area contributed by atoms with Gasteiger partial charge in [-0.3, -0.25) is 0 Å². The van der Waals surface area contributed by atoms with E-state index in [9.17, 15) is 0 Å². The number of allylic oxidation sites excluding steroid dienone is 1. The summed E-state index contributed by atoms with van der Waals surface area (Å²) in [5, 5.41) is 0. The highest BCUT2D eigenvalue weighted by Gasteiger charge is 2.24. The van der Waals surface area contributed by atoms with Crippen LogP contribution in [0.15, 0.2) is 42.5 Å². The van der Waals surface area contributed by atoms with E-state index in [-0.39, 0.29) is 0 Å². The average molecular weight is 259 g/mol. The first-order valence-electron chi connectivity index (χ1n) is 6.98. The van der Waals surface area contributed by atoms with Crippen LogP contribution in [0, 0.1) is 0 Å². The Morgan fingerprint density at radius 3 is 2.74 bits per heavy atom. The van der Waals surface area contributed by atoms with Crippen LogP contribution in [0.5, 0.6) is 0 Å². The minimum absolute atomic E-state index is 0.378. The van der Waals surface area contributed by atoms with Crippen molar-refractivity contribution in [2.75, 3.05) is 0 Å². The number of hydrogen-bond donors (Lipinski definition) is 0. The summed E-state index contributed by atoms with van der Waals surface area (Å²) in [5.41, 5.74) is 9.22. The maximum Gasteiger partial charge on any atom is 0.0388 e. The Hall–Kier alpha value is -1.60. The van der Waals surface area contributed by atoms with Crippen molar-refractivity contribution in [2.24, 2.45) is 0 Å². The van der Waals surface area contributed by atoms with Gasteiger partial charge in [0.05, 0.1) is 0 Å². The largest absolute Gasteiger partial charge is 0.0799 e. The molecule has 1 atom stereocenters. The van der Waals surface area contributed by atoms with E-state index < -0.39 is 0 Å². The lowest BCUT2D eigenvalue weighted by Crippen LogP contribution is -1.99. The molecule has 1 heteroatoms. The molecule has 0 saturated heterocycles. The summed E-state index contributed by atoms with van der Waals surface area (Å²) in [6.45, 7) is 0. The Morgan fingerprint density at radius 2 is 1.89 bits per heavy atom. The maximum atomic E-state index is 3.82. The molecule has 0 nitrogen and oxygen atoms in total. The summed E-state index contributed by atoms with van der Waals surface area (Å²) in [5.74, 6) is 0. The maximum absolute atomic E-state index is 3.82. The summed E-state index contributed by atoms with van der Waals surface area (Å²) >= 11 is 0. The molecule has 3 radical (unpaired) electrons. The van der Waals surface area contributed by atoms with Crippen molar-refractivity contribution in [1.82, 2.24) is 0 Å². The lowest BCUT2D eigenvalue weighted by Gasteiger charge is -2.16. The Balaban J connectivity index is 2.04. The molecule has 0 amide bonds. The van der Waals surface area contributed by atoms with Gasteiger partial charge in [-0.25, -0.2) is 0 Å². The molecule has 2 aromatic rings. The minimum atomic E-state index is 0.378. The molecule has 91 valence electrons. The molecule has 0 spiro atoms. The van der Waals surface area contributed by atoms with Gasteiger partial charge < -0.3 is 0 Å². The lowest BCUT2D eigenvalue weighted by molar-refractivity contribution is 0.912. The zero-order valence-electron chi connectivity index (χ0n) is 10.8. The topological polar surface area (TPSA) is 0 Å².